The van der Waals surface area contributed by atoms with Crippen LogP contribution in [0.5, 0.6) is 0 Å². The summed E-state index contributed by atoms with van der Waals surface area (Å²) in [6, 6.07) is 6.27. The maximum Gasteiger partial charge on any atom is 0.348 e. The smallest absolute Gasteiger partial charge is 0.348 e. The van der Waals surface area contributed by atoms with E-state index in [-0.39, 0.29) is 17.9 Å². The molecular formula is C16H17N3O4. The average molecular weight is 315 g/mol. The van der Waals surface area contributed by atoms with E-state index in [1.807, 2.05) is 0 Å². The quantitative estimate of drug-likeness (QED) is 0.272. The Bertz CT molecular complexity index is 685. The first kappa shape index (κ1) is 16.5. The Morgan fingerprint density at radius 1 is 1.48 bits per heavy atom. The number of hydrogen-bond donors (Lipinski definition) is 0. The van der Waals surface area contributed by atoms with Crippen molar-refractivity contribution in [3.8, 4) is 6.07 Å². The molecule has 0 amide bonds. The third kappa shape index (κ3) is 3.86. The van der Waals surface area contributed by atoms with Gasteiger partial charge in [0.25, 0.3) is 5.69 Å². The second-order valence-electron chi connectivity index (χ2n) is 5.08. The van der Waals surface area contributed by atoms with Crippen LogP contribution in [-0.4, -0.2) is 30.6 Å². The van der Waals surface area contributed by atoms with Crippen LogP contribution < -0.4 is 4.90 Å². The maximum atomic E-state index is 11.8. The number of ether oxygens (including phenoxy) is 1. The van der Waals surface area contributed by atoms with E-state index >= 15 is 0 Å². The van der Waals surface area contributed by atoms with Crippen molar-refractivity contribution >= 4 is 23.4 Å². The van der Waals surface area contributed by atoms with Gasteiger partial charge in [-0.1, -0.05) is 0 Å². The number of esters is 1. The Hall–Kier alpha value is -2.88. The maximum absolute atomic E-state index is 11.8. The molecule has 1 fully saturated rings. The zero-order valence-corrected chi connectivity index (χ0v) is 12.8. The number of carbonyl (C=O) groups excluding carboxylic acids is 1. The molecule has 1 aliphatic heterocycles. The summed E-state index contributed by atoms with van der Waals surface area (Å²) in [5.74, 6) is -0.728. The molecule has 0 bridgehead atoms. The largest absolute Gasteiger partial charge is 0.462 e. The minimum Gasteiger partial charge on any atom is -0.462 e. The lowest BCUT2D eigenvalue weighted by Crippen LogP contribution is -2.18. The van der Waals surface area contributed by atoms with E-state index in [0.717, 1.165) is 31.6 Å². The number of nitriles is 1. The van der Waals surface area contributed by atoms with Gasteiger partial charge in [0, 0.05) is 36.5 Å². The summed E-state index contributed by atoms with van der Waals surface area (Å²) in [6.45, 7) is 3.50. The highest BCUT2D eigenvalue weighted by atomic mass is 16.6. The molecule has 0 radical (unpaired) electrons. The molecule has 0 N–H and O–H groups in total. The monoisotopic (exact) mass is 315 g/mol. The zero-order valence-electron chi connectivity index (χ0n) is 12.8. The van der Waals surface area contributed by atoms with Crippen LogP contribution in [0.25, 0.3) is 6.08 Å². The zero-order chi connectivity index (χ0) is 16.8. The fraction of sp³-hybridized carbons (Fsp3) is 0.375. The van der Waals surface area contributed by atoms with Crippen LogP contribution in [0.1, 0.15) is 25.3 Å². The molecule has 7 heteroatoms. The highest BCUT2D eigenvalue weighted by molar-refractivity contribution is 5.99. The number of anilines is 1. The second-order valence-corrected chi connectivity index (χ2v) is 5.08. The van der Waals surface area contributed by atoms with Crippen molar-refractivity contribution in [2.75, 3.05) is 24.6 Å². The summed E-state index contributed by atoms with van der Waals surface area (Å²) < 4.78 is 4.83. The minimum atomic E-state index is -0.728. The predicted octanol–water partition coefficient (Wildman–Crippen LogP) is 2.67. The van der Waals surface area contributed by atoms with E-state index in [1.165, 1.54) is 18.2 Å². The normalized spacial score (nSPS) is 14.4. The Balaban J connectivity index is 2.48. The molecule has 1 saturated heterocycles. The molecule has 0 unspecified atom stereocenters. The van der Waals surface area contributed by atoms with Crippen molar-refractivity contribution in [3.63, 3.8) is 0 Å². The number of hydrogen-bond acceptors (Lipinski definition) is 6. The fourth-order valence-corrected chi connectivity index (χ4v) is 2.52. The molecule has 120 valence electrons. The van der Waals surface area contributed by atoms with Gasteiger partial charge in [-0.2, -0.15) is 5.26 Å². The first-order valence-electron chi connectivity index (χ1n) is 7.39. The number of nitrogens with zero attached hydrogens (tertiary/aromatic N) is 3. The molecule has 0 spiro atoms. The van der Waals surface area contributed by atoms with E-state index in [9.17, 15) is 14.9 Å². The number of carbonyl (C=O) groups is 1. The molecule has 0 saturated carbocycles. The molecule has 1 aromatic rings. The third-order valence-electron chi connectivity index (χ3n) is 3.58. The highest BCUT2D eigenvalue weighted by Gasteiger charge is 2.19. The Morgan fingerprint density at radius 2 is 2.17 bits per heavy atom. The van der Waals surface area contributed by atoms with Crippen molar-refractivity contribution in [3.05, 3.63) is 39.4 Å². The number of rotatable bonds is 5. The molecule has 7 nitrogen and oxygen atoms in total. The van der Waals surface area contributed by atoms with Gasteiger partial charge in [0.15, 0.2) is 0 Å². The number of non-ortho nitro benzene ring substituents is 1. The van der Waals surface area contributed by atoms with Crippen molar-refractivity contribution in [1.29, 1.82) is 5.26 Å². The highest BCUT2D eigenvalue weighted by Crippen LogP contribution is 2.30. The van der Waals surface area contributed by atoms with Crippen molar-refractivity contribution in [1.82, 2.24) is 0 Å². The van der Waals surface area contributed by atoms with Crippen LogP contribution in [0.15, 0.2) is 23.8 Å². The summed E-state index contributed by atoms with van der Waals surface area (Å²) in [4.78, 5) is 24.4. The molecule has 2 rings (SSSR count). The van der Waals surface area contributed by atoms with Crippen molar-refractivity contribution < 1.29 is 14.5 Å². The van der Waals surface area contributed by atoms with Crippen LogP contribution in [0.4, 0.5) is 11.4 Å². The Labute approximate surface area is 133 Å². The van der Waals surface area contributed by atoms with Crippen LogP contribution in [0.2, 0.25) is 0 Å². The Kier molecular flexibility index (Phi) is 5.31. The summed E-state index contributed by atoms with van der Waals surface area (Å²) in [6.07, 6.45) is 3.45. The molecule has 1 heterocycles. The van der Waals surface area contributed by atoms with Crippen LogP contribution in [0.3, 0.4) is 0 Å². The second kappa shape index (κ2) is 7.40. The summed E-state index contributed by atoms with van der Waals surface area (Å²) in [7, 11) is 0. The standard InChI is InChI=1S/C16H17N3O4/c1-2-23-16(20)13(11-17)9-12-10-14(19(21)22)5-6-15(12)18-7-3-4-8-18/h5-6,9-10H,2-4,7-8H2,1H3/b13-9+. The van der Waals surface area contributed by atoms with Gasteiger partial charge in [-0.15, -0.1) is 0 Å². The molecule has 0 aliphatic carbocycles. The number of nitro groups is 1. The van der Waals surface area contributed by atoms with Gasteiger partial charge < -0.3 is 9.64 Å². The topological polar surface area (TPSA) is 96.5 Å². The minimum absolute atomic E-state index is 0.0830. The van der Waals surface area contributed by atoms with Gasteiger partial charge in [0.1, 0.15) is 11.6 Å². The van der Waals surface area contributed by atoms with Gasteiger partial charge in [-0.3, -0.25) is 10.1 Å². The van der Waals surface area contributed by atoms with E-state index in [0.29, 0.717) is 5.56 Å². The van der Waals surface area contributed by atoms with Gasteiger partial charge in [0.05, 0.1) is 11.5 Å². The lowest BCUT2D eigenvalue weighted by Gasteiger charge is -2.20. The Morgan fingerprint density at radius 3 is 2.74 bits per heavy atom. The van der Waals surface area contributed by atoms with Crippen LogP contribution in [0, 0.1) is 21.4 Å². The van der Waals surface area contributed by atoms with Gasteiger partial charge in [-0.05, 0) is 31.9 Å². The van der Waals surface area contributed by atoms with E-state index in [4.69, 9.17) is 10.00 Å². The third-order valence-corrected chi connectivity index (χ3v) is 3.58. The predicted molar refractivity (Wildman–Crippen MR) is 84.8 cm³/mol. The molecule has 1 aliphatic rings. The average Bonchev–Trinajstić information content (AvgIpc) is 3.06. The first-order valence-corrected chi connectivity index (χ1v) is 7.39. The number of nitro benzene ring substituents is 1. The molecule has 1 aromatic carbocycles. The summed E-state index contributed by atoms with van der Waals surface area (Å²) in [5, 5.41) is 20.1. The molecule has 23 heavy (non-hydrogen) atoms. The molecule has 0 atom stereocenters. The fourth-order valence-electron chi connectivity index (χ4n) is 2.52. The van der Waals surface area contributed by atoms with Crippen molar-refractivity contribution in [2.45, 2.75) is 19.8 Å². The molecule has 0 aromatic heterocycles. The van der Waals surface area contributed by atoms with Gasteiger partial charge in [-0.25, -0.2) is 4.79 Å². The van der Waals surface area contributed by atoms with E-state index in [2.05, 4.69) is 4.90 Å². The lowest BCUT2D eigenvalue weighted by atomic mass is 10.1. The number of benzene rings is 1. The van der Waals surface area contributed by atoms with E-state index < -0.39 is 10.9 Å². The summed E-state index contributed by atoms with van der Waals surface area (Å²) >= 11 is 0. The summed E-state index contributed by atoms with van der Waals surface area (Å²) in [5.41, 5.74) is 1.00. The van der Waals surface area contributed by atoms with Crippen LogP contribution in [-0.2, 0) is 9.53 Å². The van der Waals surface area contributed by atoms with Gasteiger partial charge in [0.2, 0.25) is 0 Å². The van der Waals surface area contributed by atoms with Crippen LogP contribution >= 0.6 is 0 Å². The van der Waals surface area contributed by atoms with E-state index in [1.54, 1.807) is 19.1 Å². The van der Waals surface area contributed by atoms with Crippen molar-refractivity contribution in [2.24, 2.45) is 0 Å². The lowest BCUT2D eigenvalue weighted by molar-refractivity contribution is -0.384. The SMILES string of the molecule is CCOC(=O)/C(C#N)=C/c1cc([N+](=O)[O-])ccc1N1CCCC1. The molecular weight excluding hydrogens is 298 g/mol. The first-order chi connectivity index (χ1) is 11.1. The van der Waals surface area contributed by atoms with Gasteiger partial charge >= 0.3 is 5.97 Å².